The maximum absolute atomic E-state index is 12.5. The van der Waals surface area contributed by atoms with Gasteiger partial charge >= 0.3 is 0 Å². The Bertz CT molecular complexity index is 704. The highest BCUT2D eigenvalue weighted by Gasteiger charge is 2.28. The fourth-order valence-corrected chi connectivity index (χ4v) is 3.36. The molecule has 3 rings (SSSR count). The number of hydrogen-bond acceptors (Lipinski definition) is 3. The summed E-state index contributed by atoms with van der Waals surface area (Å²) in [4.78, 5) is 19.1. The normalized spacial score (nSPS) is 18.3. The Morgan fingerprint density at radius 3 is 2.60 bits per heavy atom. The fraction of sp³-hybridized carbons (Fsp3) is 0.429. The van der Waals surface area contributed by atoms with Crippen molar-refractivity contribution in [2.24, 2.45) is 0 Å². The Morgan fingerprint density at radius 1 is 1.20 bits per heavy atom. The van der Waals surface area contributed by atoms with Crippen LogP contribution in [0.5, 0.6) is 0 Å². The van der Waals surface area contributed by atoms with Crippen molar-refractivity contribution in [2.75, 3.05) is 18.4 Å². The molecule has 1 aromatic heterocycles. The first kappa shape index (κ1) is 17.6. The van der Waals surface area contributed by atoms with Crippen LogP contribution in [0.25, 0.3) is 0 Å². The Balaban J connectivity index is 1.60. The molecule has 0 spiro atoms. The smallest absolute Gasteiger partial charge is 0.238 e. The highest BCUT2D eigenvalue weighted by molar-refractivity contribution is 5.92. The minimum Gasteiger partial charge on any atom is -0.325 e. The van der Waals surface area contributed by atoms with Gasteiger partial charge in [0.15, 0.2) is 0 Å². The van der Waals surface area contributed by atoms with E-state index in [2.05, 4.69) is 48.1 Å². The third kappa shape index (κ3) is 4.45. The molecule has 0 radical (unpaired) electrons. The molecule has 0 bridgehead atoms. The third-order valence-electron chi connectivity index (χ3n) is 4.77. The van der Waals surface area contributed by atoms with Gasteiger partial charge in [-0.1, -0.05) is 39.0 Å². The molecule has 1 aliphatic heterocycles. The van der Waals surface area contributed by atoms with Crippen LogP contribution < -0.4 is 5.32 Å². The highest BCUT2D eigenvalue weighted by Crippen LogP contribution is 2.30. The molecule has 2 heterocycles. The van der Waals surface area contributed by atoms with Crippen LogP contribution in [0.4, 0.5) is 5.69 Å². The van der Waals surface area contributed by atoms with Crippen LogP contribution in [0.1, 0.15) is 50.9 Å². The number of nitrogens with zero attached hydrogens (tertiary/aromatic N) is 2. The van der Waals surface area contributed by atoms with Gasteiger partial charge in [0.25, 0.3) is 0 Å². The van der Waals surface area contributed by atoms with E-state index >= 15 is 0 Å². The van der Waals surface area contributed by atoms with Crippen LogP contribution in [0, 0.1) is 0 Å². The second kappa shape index (κ2) is 7.36. The lowest BCUT2D eigenvalue weighted by atomic mass is 9.87. The van der Waals surface area contributed by atoms with Crippen LogP contribution >= 0.6 is 0 Å². The zero-order chi connectivity index (χ0) is 17.9. The molecule has 0 aliphatic carbocycles. The van der Waals surface area contributed by atoms with Crippen molar-refractivity contribution < 1.29 is 4.79 Å². The number of hydrogen-bond donors (Lipinski definition) is 1. The Hall–Kier alpha value is -2.20. The molecule has 1 aromatic carbocycles. The SMILES string of the molecule is CC(C)(C)c1ccc(NC(=O)CN2CCCC2c2ccccn2)cc1. The van der Waals surface area contributed by atoms with Crippen molar-refractivity contribution in [3.8, 4) is 0 Å². The number of carbonyl (C=O) groups excluding carboxylic acids is 1. The zero-order valence-corrected chi connectivity index (χ0v) is 15.3. The van der Waals surface area contributed by atoms with Crippen molar-refractivity contribution >= 4 is 11.6 Å². The largest absolute Gasteiger partial charge is 0.325 e. The Morgan fingerprint density at radius 2 is 1.96 bits per heavy atom. The number of nitrogens with one attached hydrogen (secondary N) is 1. The van der Waals surface area contributed by atoms with Crippen molar-refractivity contribution in [1.82, 2.24) is 9.88 Å². The van der Waals surface area contributed by atoms with E-state index in [4.69, 9.17) is 0 Å². The predicted octanol–water partition coefficient (Wildman–Crippen LogP) is 4.15. The van der Waals surface area contributed by atoms with E-state index in [1.54, 1.807) is 0 Å². The maximum Gasteiger partial charge on any atom is 0.238 e. The molecular formula is C21H27N3O. The lowest BCUT2D eigenvalue weighted by molar-refractivity contribution is -0.117. The van der Waals surface area contributed by atoms with Gasteiger partial charge in [-0.2, -0.15) is 0 Å². The van der Waals surface area contributed by atoms with Crippen molar-refractivity contribution in [3.05, 3.63) is 59.9 Å². The van der Waals surface area contributed by atoms with E-state index in [0.717, 1.165) is 30.8 Å². The summed E-state index contributed by atoms with van der Waals surface area (Å²) in [5.74, 6) is 0.0336. The van der Waals surface area contributed by atoms with E-state index in [-0.39, 0.29) is 17.4 Å². The number of pyridine rings is 1. The minimum atomic E-state index is 0.0336. The first-order valence-corrected chi connectivity index (χ1v) is 8.99. The molecule has 0 saturated carbocycles. The lowest BCUT2D eigenvalue weighted by Crippen LogP contribution is -2.33. The second-order valence-electron chi connectivity index (χ2n) is 7.76. The molecule has 1 amide bonds. The molecule has 4 heteroatoms. The van der Waals surface area contributed by atoms with Gasteiger partial charge in [0.2, 0.25) is 5.91 Å². The highest BCUT2D eigenvalue weighted by atomic mass is 16.2. The number of likely N-dealkylation sites (tertiary alicyclic amines) is 1. The fourth-order valence-electron chi connectivity index (χ4n) is 3.36. The third-order valence-corrected chi connectivity index (χ3v) is 4.77. The summed E-state index contributed by atoms with van der Waals surface area (Å²) >= 11 is 0. The van der Waals surface area contributed by atoms with Gasteiger partial charge in [0, 0.05) is 11.9 Å². The number of amides is 1. The average molecular weight is 337 g/mol. The molecule has 1 unspecified atom stereocenters. The summed E-state index contributed by atoms with van der Waals surface area (Å²) in [6.45, 7) is 7.91. The summed E-state index contributed by atoms with van der Waals surface area (Å²) in [5, 5.41) is 3.02. The Labute approximate surface area is 150 Å². The summed E-state index contributed by atoms with van der Waals surface area (Å²) in [7, 11) is 0. The summed E-state index contributed by atoms with van der Waals surface area (Å²) < 4.78 is 0. The van der Waals surface area contributed by atoms with E-state index < -0.39 is 0 Å². The first-order chi connectivity index (χ1) is 11.9. The number of benzene rings is 1. The van der Waals surface area contributed by atoms with E-state index in [1.165, 1.54) is 5.56 Å². The molecular weight excluding hydrogens is 310 g/mol. The number of anilines is 1. The molecule has 1 atom stereocenters. The second-order valence-corrected chi connectivity index (χ2v) is 7.76. The van der Waals surface area contributed by atoms with Crippen molar-refractivity contribution in [2.45, 2.75) is 45.1 Å². The summed E-state index contributed by atoms with van der Waals surface area (Å²) in [5.41, 5.74) is 3.29. The van der Waals surface area contributed by atoms with E-state index in [9.17, 15) is 4.79 Å². The topological polar surface area (TPSA) is 45.2 Å². The number of rotatable bonds is 4. The van der Waals surface area contributed by atoms with Gasteiger partial charge < -0.3 is 5.32 Å². The van der Waals surface area contributed by atoms with Gasteiger partial charge in [-0.05, 0) is 54.6 Å². The van der Waals surface area contributed by atoms with Crippen molar-refractivity contribution in [1.29, 1.82) is 0 Å². The lowest BCUT2D eigenvalue weighted by Gasteiger charge is -2.23. The summed E-state index contributed by atoms with van der Waals surface area (Å²) in [6.07, 6.45) is 3.99. The van der Waals surface area contributed by atoms with Crippen LogP contribution in [-0.4, -0.2) is 28.9 Å². The van der Waals surface area contributed by atoms with Crippen LogP contribution in [0.3, 0.4) is 0 Å². The molecule has 1 saturated heterocycles. The van der Waals surface area contributed by atoms with Crippen molar-refractivity contribution in [3.63, 3.8) is 0 Å². The van der Waals surface area contributed by atoms with Crippen LogP contribution in [0.2, 0.25) is 0 Å². The van der Waals surface area contributed by atoms with E-state index in [1.807, 2.05) is 36.5 Å². The molecule has 132 valence electrons. The van der Waals surface area contributed by atoms with Crippen LogP contribution in [0.15, 0.2) is 48.7 Å². The quantitative estimate of drug-likeness (QED) is 0.911. The van der Waals surface area contributed by atoms with Crippen LogP contribution in [-0.2, 0) is 10.2 Å². The number of aromatic nitrogens is 1. The molecule has 1 N–H and O–H groups in total. The van der Waals surface area contributed by atoms with Gasteiger partial charge in [0.1, 0.15) is 0 Å². The monoisotopic (exact) mass is 337 g/mol. The van der Waals surface area contributed by atoms with Gasteiger partial charge in [-0.3, -0.25) is 14.7 Å². The minimum absolute atomic E-state index is 0.0336. The standard InChI is InChI=1S/C21H27N3O/c1-21(2,3)16-9-11-17(12-10-16)23-20(25)15-24-14-6-8-19(24)18-7-4-5-13-22-18/h4-5,7,9-13,19H,6,8,14-15H2,1-3H3,(H,23,25). The molecule has 2 aromatic rings. The number of carbonyl (C=O) groups is 1. The average Bonchev–Trinajstić information content (AvgIpc) is 3.03. The summed E-state index contributed by atoms with van der Waals surface area (Å²) in [6, 6.07) is 14.4. The first-order valence-electron chi connectivity index (χ1n) is 8.99. The Kier molecular flexibility index (Phi) is 5.19. The van der Waals surface area contributed by atoms with Gasteiger partial charge in [-0.15, -0.1) is 0 Å². The van der Waals surface area contributed by atoms with Gasteiger partial charge in [0.05, 0.1) is 18.3 Å². The van der Waals surface area contributed by atoms with E-state index in [0.29, 0.717) is 6.54 Å². The predicted molar refractivity (Wildman–Crippen MR) is 102 cm³/mol. The molecule has 25 heavy (non-hydrogen) atoms. The molecule has 4 nitrogen and oxygen atoms in total. The maximum atomic E-state index is 12.5. The zero-order valence-electron chi connectivity index (χ0n) is 15.3. The van der Waals surface area contributed by atoms with Gasteiger partial charge in [-0.25, -0.2) is 0 Å². The molecule has 1 aliphatic rings. The molecule has 1 fully saturated rings.